The molecule has 0 nitrogen and oxygen atoms in total. The molecule has 1 radical (unpaired) electrons. The number of rotatable bonds is 4. The zero-order chi connectivity index (χ0) is 8.20. The average Bonchev–Trinajstić information content (AvgIpc) is 1.86. The summed E-state index contributed by atoms with van der Waals surface area (Å²) in [5.41, 5.74) is 0. The van der Waals surface area contributed by atoms with E-state index >= 15 is 0 Å². The van der Waals surface area contributed by atoms with Gasteiger partial charge in [-0.2, -0.15) is 0 Å². The number of hydrogen-bond donors (Lipinski definition) is 0. The quantitative estimate of drug-likeness (QED) is 0.550. The van der Waals surface area contributed by atoms with Gasteiger partial charge in [0.1, 0.15) is 6.67 Å². The third kappa shape index (κ3) is 2.54. The van der Waals surface area contributed by atoms with Crippen molar-refractivity contribution in [3.63, 3.8) is 0 Å². The Hall–Kier alpha value is -0.280. The lowest BCUT2D eigenvalue weighted by Gasteiger charge is -2.16. The fourth-order valence-corrected chi connectivity index (χ4v) is 0.505. The van der Waals surface area contributed by atoms with E-state index in [-0.39, 0.29) is 6.42 Å². The fourth-order valence-electron chi connectivity index (χ4n) is 0.505. The van der Waals surface area contributed by atoms with Crippen molar-refractivity contribution in [3.8, 4) is 0 Å². The van der Waals surface area contributed by atoms with Crippen molar-refractivity contribution in [1.82, 2.24) is 0 Å². The van der Waals surface area contributed by atoms with Gasteiger partial charge in [-0.3, -0.25) is 0 Å². The second-order valence-corrected chi connectivity index (χ2v) is 1.99. The minimum Gasteiger partial charge on any atom is -0.248 e. The molecule has 0 heterocycles. The summed E-state index contributed by atoms with van der Waals surface area (Å²) >= 11 is 0. The van der Waals surface area contributed by atoms with Crippen molar-refractivity contribution >= 4 is 0 Å². The Bertz CT molecular complexity index is 91.7. The van der Waals surface area contributed by atoms with E-state index in [1.54, 1.807) is 0 Å². The molecule has 0 saturated heterocycles. The monoisotopic (exact) mass is 157 g/mol. The van der Waals surface area contributed by atoms with Crippen LogP contribution in [0.1, 0.15) is 12.8 Å². The average molecular weight is 157 g/mol. The Morgan fingerprint density at radius 1 is 1.40 bits per heavy atom. The molecule has 0 aromatic heterocycles. The summed E-state index contributed by atoms with van der Waals surface area (Å²) in [4.78, 5) is 0. The lowest BCUT2D eigenvalue weighted by Crippen LogP contribution is -2.31. The van der Waals surface area contributed by atoms with Crippen molar-refractivity contribution < 1.29 is 17.6 Å². The first-order valence-corrected chi connectivity index (χ1v) is 2.91. The van der Waals surface area contributed by atoms with Crippen LogP contribution < -0.4 is 0 Å². The second-order valence-electron chi connectivity index (χ2n) is 1.99. The van der Waals surface area contributed by atoms with Gasteiger partial charge in [0, 0.05) is 6.42 Å². The van der Waals surface area contributed by atoms with Crippen LogP contribution in [0.5, 0.6) is 0 Å². The summed E-state index contributed by atoms with van der Waals surface area (Å²) in [6.45, 7) is 1.49. The van der Waals surface area contributed by atoms with Crippen LogP contribution in [-0.2, 0) is 0 Å². The van der Waals surface area contributed by atoms with Crippen LogP contribution in [0.15, 0.2) is 0 Å². The van der Waals surface area contributed by atoms with Crippen molar-refractivity contribution in [2.75, 3.05) is 6.67 Å². The SMILES string of the molecule is [CH2]CCC(F)(F)[C@@H](F)CF. The highest BCUT2D eigenvalue weighted by molar-refractivity contribution is 4.76. The normalized spacial score (nSPS) is 15.3. The number of hydrogen-bond acceptors (Lipinski definition) is 0. The zero-order valence-corrected chi connectivity index (χ0v) is 5.42. The van der Waals surface area contributed by atoms with Crippen molar-refractivity contribution in [1.29, 1.82) is 0 Å². The van der Waals surface area contributed by atoms with Gasteiger partial charge in [-0.05, 0) is 6.42 Å². The highest BCUT2D eigenvalue weighted by Gasteiger charge is 2.38. The molecule has 0 amide bonds. The summed E-state index contributed by atoms with van der Waals surface area (Å²) in [5, 5.41) is 0. The van der Waals surface area contributed by atoms with E-state index in [9.17, 15) is 17.6 Å². The van der Waals surface area contributed by atoms with Crippen LogP contribution in [-0.4, -0.2) is 18.8 Å². The predicted molar refractivity (Wildman–Crippen MR) is 30.4 cm³/mol. The highest BCUT2D eigenvalue weighted by Crippen LogP contribution is 2.26. The first-order valence-electron chi connectivity index (χ1n) is 2.91. The molecule has 0 aliphatic rings. The Balaban J connectivity index is 3.82. The van der Waals surface area contributed by atoms with E-state index in [2.05, 4.69) is 6.92 Å². The van der Waals surface area contributed by atoms with Crippen molar-refractivity contribution in [2.45, 2.75) is 24.9 Å². The molecule has 4 heteroatoms. The molecule has 0 aromatic carbocycles. The smallest absolute Gasteiger partial charge is 0.248 e. The van der Waals surface area contributed by atoms with Crippen LogP contribution in [0.4, 0.5) is 17.6 Å². The first-order chi connectivity index (χ1) is 4.54. The van der Waals surface area contributed by atoms with Gasteiger partial charge in [-0.25, -0.2) is 17.6 Å². The molecule has 0 aliphatic heterocycles. The third-order valence-corrected chi connectivity index (χ3v) is 1.10. The topological polar surface area (TPSA) is 0 Å². The van der Waals surface area contributed by atoms with Gasteiger partial charge in [-0.15, -0.1) is 0 Å². The van der Waals surface area contributed by atoms with Gasteiger partial charge in [0.25, 0.3) is 5.92 Å². The Kier molecular flexibility index (Phi) is 3.68. The van der Waals surface area contributed by atoms with Crippen LogP contribution >= 0.6 is 0 Å². The summed E-state index contributed by atoms with van der Waals surface area (Å²) < 4.78 is 47.6. The molecule has 61 valence electrons. The van der Waals surface area contributed by atoms with Crippen molar-refractivity contribution in [3.05, 3.63) is 6.92 Å². The van der Waals surface area contributed by atoms with Gasteiger partial charge < -0.3 is 0 Å². The Morgan fingerprint density at radius 2 is 1.90 bits per heavy atom. The van der Waals surface area contributed by atoms with Crippen LogP contribution in [0.2, 0.25) is 0 Å². The summed E-state index contributed by atoms with van der Waals surface area (Å²) in [7, 11) is 0. The molecule has 0 aromatic rings. The fraction of sp³-hybridized carbons (Fsp3) is 0.833. The molecule has 1 atom stereocenters. The van der Waals surface area contributed by atoms with E-state index in [0.717, 1.165) is 0 Å². The van der Waals surface area contributed by atoms with Crippen LogP contribution in [0.25, 0.3) is 0 Å². The van der Waals surface area contributed by atoms with E-state index in [0.29, 0.717) is 0 Å². The van der Waals surface area contributed by atoms with Gasteiger partial charge in [0.05, 0.1) is 0 Å². The van der Waals surface area contributed by atoms with Crippen molar-refractivity contribution in [2.24, 2.45) is 0 Å². The van der Waals surface area contributed by atoms with E-state index < -0.39 is 25.2 Å². The number of halogens is 4. The van der Waals surface area contributed by atoms with E-state index in [4.69, 9.17) is 0 Å². The molecule has 0 saturated carbocycles. The Morgan fingerprint density at radius 3 is 2.20 bits per heavy atom. The lowest BCUT2D eigenvalue weighted by atomic mass is 10.1. The molecule has 0 aliphatic carbocycles. The molecule has 10 heavy (non-hydrogen) atoms. The minimum atomic E-state index is -3.55. The second kappa shape index (κ2) is 3.78. The van der Waals surface area contributed by atoms with Crippen LogP contribution in [0, 0.1) is 6.92 Å². The minimum absolute atomic E-state index is 0.0899. The molecule has 0 fully saturated rings. The number of alkyl halides is 4. The third-order valence-electron chi connectivity index (χ3n) is 1.10. The molecule has 0 spiro atoms. The highest BCUT2D eigenvalue weighted by atomic mass is 19.3. The van der Waals surface area contributed by atoms with Gasteiger partial charge in [0.2, 0.25) is 0 Å². The summed E-state index contributed by atoms with van der Waals surface area (Å²) in [6, 6.07) is 0. The maximum Gasteiger partial charge on any atom is 0.281 e. The summed E-state index contributed by atoms with van der Waals surface area (Å²) in [6.07, 6.45) is -3.46. The van der Waals surface area contributed by atoms with E-state index in [1.165, 1.54) is 0 Å². The lowest BCUT2D eigenvalue weighted by molar-refractivity contribution is -0.0843. The van der Waals surface area contributed by atoms with E-state index in [1.807, 2.05) is 0 Å². The Labute approximate surface area is 57.2 Å². The maximum absolute atomic E-state index is 12.2. The standard InChI is InChI=1S/C6H9F4/c1-2-3-6(9,10)5(8)4-7/h5H,1-4H2/t5-/m0/s1. The largest absolute Gasteiger partial charge is 0.281 e. The van der Waals surface area contributed by atoms with Gasteiger partial charge in [-0.1, -0.05) is 6.92 Å². The van der Waals surface area contributed by atoms with Gasteiger partial charge >= 0.3 is 0 Å². The molecule has 0 bridgehead atoms. The molecular weight excluding hydrogens is 148 g/mol. The van der Waals surface area contributed by atoms with Gasteiger partial charge in [0.15, 0.2) is 6.17 Å². The molecule has 0 N–H and O–H groups in total. The predicted octanol–water partition coefficient (Wildman–Crippen LogP) is 2.54. The zero-order valence-electron chi connectivity index (χ0n) is 5.42. The first kappa shape index (κ1) is 9.72. The summed E-state index contributed by atoms with van der Waals surface area (Å²) in [5.74, 6) is -3.55. The molecule has 0 rings (SSSR count). The molecular formula is C6H9F4. The van der Waals surface area contributed by atoms with Crippen LogP contribution in [0.3, 0.4) is 0 Å². The molecule has 0 unspecified atom stereocenters. The maximum atomic E-state index is 12.2.